The van der Waals surface area contributed by atoms with Gasteiger partial charge in [-0.2, -0.15) is 0 Å². The van der Waals surface area contributed by atoms with Crippen LogP contribution in [0.5, 0.6) is 0 Å². The Balaban J connectivity index is 1.18. The third-order valence-corrected chi connectivity index (χ3v) is 6.78. The van der Waals surface area contributed by atoms with Crippen molar-refractivity contribution in [3.05, 3.63) is 29.3 Å². The Morgan fingerprint density at radius 2 is 1.90 bits per heavy atom. The first-order chi connectivity index (χ1) is 14.3. The lowest BCUT2D eigenvalue weighted by molar-refractivity contribution is -0.134. The van der Waals surface area contributed by atoms with Gasteiger partial charge in [-0.15, -0.1) is 0 Å². The number of benzene rings is 1. The van der Waals surface area contributed by atoms with E-state index >= 15 is 0 Å². The molecule has 4 fully saturated rings. The molecule has 0 bridgehead atoms. The van der Waals surface area contributed by atoms with Crippen LogP contribution in [0.1, 0.15) is 37.2 Å². The smallest absolute Gasteiger partial charge is 0.407 e. The van der Waals surface area contributed by atoms with Gasteiger partial charge in [-0.05, 0) is 31.4 Å². The minimum Gasteiger partial charge on any atom is -0.442 e. The molecule has 0 aromatic heterocycles. The number of piperidine rings is 1. The van der Waals surface area contributed by atoms with Crippen molar-refractivity contribution in [2.24, 2.45) is 5.41 Å². The molecule has 7 nitrogen and oxygen atoms in total. The topological polar surface area (TPSA) is 87.7 Å². The summed E-state index contributed by atoms with van der Waals surface area (Å²) in [5, 5.41) is 4.82. The van der Waals surface area contributed by atoms with E-state index in [0.29, 0.717) is 12.8 Å². The van der Waals surface area contributed by atoms with E-state index in [9.17, 15) is 27.6 Å². The monoisotopic (exact) mass is 423 g/mol. The molecular formula is C20H20F3N3O4. The van der Waals surface area contributed by atoms with E-state index in [4.69, 9.17) is 4.74 Å². The molecule has 2 aliphatic heterocycles. The lowest BCUT2D eigenvalue weighted by Crippen LogP contribution is -2.54. The molecule has 1 aromatic rings. The number of alkyl halides is 1. The van der Waals surface area contributed by atoms with Gasteiger partial charge in [0.15, 0.2) is 0 Å². The van der Waals surface area contributed by atoms with Gasteiger partial charge >= 0.3 is 6.09 Å². The second kappa shape index (κ2) is 6.36. The Hall–Kier alpha value is -2.78. The SMILES string of the molecule is O=C1CCC(c2c(F)cc(N3CC(OC(=O)NC45CC4(CF)C5)C3)cc2F)C(=O)N1. The lowest BCUT2D eigenvalue weighted by Gasteiger charge is -2.40. The molecule has 4 aliphatic rings. The molecule has 0 spiro atoms. The van der Waals surface area contributed by atoms with Crippen LogP contribution in [-0.4, -0.2) is 49.3 Å². The summed E-state index contributed by atoms with van der Waals surface area (Å²) in [7, 11) is 0. The summed E-state index contributed by atoms with van der Waals surface area (Å²) in [6.45, 7) is 0.0903. The average Bonchev–Trinajstić information content (AvgIpc) is 3.45. The molecule has 2 heterocycles. The van der Waals surface area contributed by atoms with E-state index in [2.05, 4.69) is 10.6 Å². The Kier molecular flexibility index (Phi) is 4.07. The van der Waals surface area contributed by atoms with Crippen LogP contribution >= 0.6 is 0 Å². The molecule has 2 N–H and O–H groups in total. The van der Waals surface area contributed by atoms with E-state index in [1.54, 1.807) is 4.90 Å². The molecule has 1 aromatic carbocycles. The number of fused-ring (bicyclic) bond motifs is 1. The molecule has 2 saturated heterocycles. The minimum absolute atomic E-state index is 0.0258. The average molecular weight is 423 g/mol. The molecular weight excluding hydrogens is 403 g/mol. The van der Waals surface area contributed by atoms with E-state index in [1.807, 2.05) is 0 Å². The number of nitrogens with zero attached hydrogens (tertiary/aromatic N) is 1. The zero-order valence-corrected chi connectivity index (χ0v) is 16.0. The third-order valence-electron chi connectivity index (χ3n) is 6.78. The maximum absolute atomic E-state index is 14.6. The normalized spacial score (nSPS) is 32.1. The van der Waals surface area contributed by atoms with Crippen molar-refractivity contribution in [3.63, 3.8) is 0 Å². The molecule has 10 heteroatoms. The number of halogens is 3. The summed E-state index contributed by atoms with van der Waals surface area (Å²) in [5.41, 5.74) is -0.876. The van der Waals surface area contributed by atoms with Crippen LogP contribution in [0.2, 0.25) is 0 Å². The van der Waals surface area contributed by atoms with Crippen molar-refractivity contribution < 1.29 is 32.3 Å². The Morgan fingerprint density at radius 3 is 2.47 bits per heavy atom. The summed E-state index contributed by atoms with van der Waals surface area (Å²) in [6.07, 6.45) is 0.328. The number of rotatable bonds is 5. The number of anilines is 1. The van der Waals surface area contributed by atoms with Gasteiger partial charge in [-0.3, -0.25) is 19.3 Å². The Bertz CT molecular complexity index is 934. The van der Waals surface area contributed by atoms with E-state index in [-0.39, 0.29) is 42.6 Å². The van der Waals surface area contributed by atoms with Crippen molar-refractivity contribution in [1.29, 1.82) is 0 Å². The second-order valence-electron chi connectivity index (χ2n) is 8.73. The summed E-state index contributed by atoms with van der Waals surface area (Å²) in [6, 6.07) is 2.28. The summed E-state index contributed by atoms with van der Waals surface area (Å²) in [4.78, 5) is 36.8. The number of ether oxygens (including phenoxy) is 1. The van der Waals surface area contributed by atoms with Crippen LogP contribution in [0.3, 0.4) is 0 Å². The van der Waals surface area contributed by atoms with Crippen LogP contribution < -0.4 is 15.5 Å². The summed E-state index contributed by atoms with van der Waals surface area (Å²) >= 11 is 0. The summed E-state index contributed by atoms with van der Waals surface area (Å²) < 4.78 is 47.3. The molecule has 30 heavy (non-hydrogen) atoms. The van der Waals surface area contributed by atoms with Crippen LogP contribution in [-0.2, 0) is 14.3 Å². The molecule has 5 rings (SSSR count). The fraction of sp³-hybridized carbons (Fsp3) is 0.550. The van der Waals surface area contributed by atoms with Gasteiger partial charge in [0.2, 0.25) is 11.8 Å². The number of hydrogen-bond acceptors (Lipinski definition) is 5. The Morgan fingerprint density at radius 1 is 1.23 bits per heavy atom. The quantitative estimate of drug-likeness (QED) is 0.707. The zero-order valence-electron chi connectivity index (χ0n) is 16.0. The fourth-order valence-corrected chi connectivity index (χ4v) is 4.61. The molecule has 0 radical (unpaired) electrons. The van der Waals surface area contributed by atoms with Gasteiger partial charge in [0.25, 0.3) is 0 Å². The van der Waals surface area contributed by atoms with Crippen molar-refractivity contribution in [1.82, 2.24) is 10.6 Å². The Labute approximate surface area is 169 Å². The minimum atomic E-state index is -1.05. The predicted molar refractivity (Wildman–Crippen MR) is 97.5 cm³/mol. The highest BCUT2D eigenvalue weighted by Crippen LogP contribution is 2.78. The van der Waals surface area contributed by atoms with Crippen LogP contribution in [0.15, 0.2) is 12.1 Å². The van der Waals surface area contributed by atoms with Gasteiger partial charge in [-0.1, -0.05) is 0 Å². The van der Waals surface area contributed by atoms with E-state index in [1.165, 1.54) is 0 Å². The number of nitrogens with one attached hydrogen (secondary N) is 2. The van der Waals surface area contributed by atoms with Gasteiger partial charge < -0.3 is 15.0 Å². The highest BCUT2D eigenvalue weighted by molar-refractivity contribution is 6.01. The highest BCUT2D eigenvalue weighted by Gasteiger charge is 2.84. The van der Waals surface area contributed by atoms with Crippen LogP contribution in [0.4, 0.5) is 23.7 Å². The maximum atomic E-state index is 14.6. The number of carbonyl (C=O) groups excluding carboxylic acids is 3. The third kappa shape index (κ3) is 2.92. The van der Waals surface area contributed by atoms with Crippen LogP contribution in [0, 0.1) is 17.0 Å². The van der Waals surface area contributed by atoms with E-state index < -0.39 is 53.8 Å². The number of amides is 3. The molecule has 1 unspecified atom stereocenters. The second-order valence-corrected chi connectivity index (χ2v) is 8.73. The van der Waals surface area contributed by atoms with Gasteiger partial charge in [-0.25, -0.2) is 13.6 Å². The molecule has 160 valence electrons. The number of alkyl carbamates (subject to hydrolysis) is 1. The molecule has 2 saturated carbocycles. The number of carbonyl (C=O) groups is 3. The molecule has 3 amide bonds. The van der Waals surface area contributed by atoms with Crippen molar-refractivity contribution in [3.8, 4) is 0 Å². The zero-order chi connectivity index (χ0) is 21.3. The van der Waals surface area contributed by atoms with Crippen LogP contribution in [0.25, 0.3) is 0 Å². The van der Waals surface area contributed by atoms with Crippen molar-refractivity contribution in [2.75, 3.05) is 24.7 Å². The largest absolute Gasteiger partial charge is 0.442 e. The predicted octanol–water partition coefficient (Wildman–Crippen LogP) is 1.90. The number of imide groups is 1. The first kappa shape index (κ1) is 19.2. The van der Waals surface area contributed by atoms with Crippen molar-refractivity contribution >= 4 is 23.6 Å². The maximum Gasteiger partial charge on any atom is 0.407 e. The number of hydrogen-bond donors (Lipinski definition) is 2. The highest BCUT2D eigenvalue weighted by atomic mass is 19.1. The fourth-order valence-electron chi connectivity index (χ4n) is 4.61. The molecule has 1 atom stereocenters. The van der Waals surface area contributed by atoms with Gasteiger partial charge in [0, 0.05) is 23.1 Å². The van der Waals surface area contributed by atoms with Gasteiger partial charge in [0.05, 0.1) is 31.2 Å². The molecule has 2 aliphatic carbocycles. The first-order valence-corrected chi connectivity index (χ1v) is 9.88. The lowest BCUT2D eigenvalue weighted by atomic mass is 9.89. The first-order valence-electron chi connectivity index (χ1n) is 9.88. The standard InChI is InChI=1S/C20H20F3N3O4/c21-9-19-7-20(19,8-19)25-18(29)30-11-5-26(6-11)10-3-13(22)16(14(23)4-10)12-1-2-15(27)24-17(12)28/h3-4,11-12H,1-2,5-9H2,(H,25,29)(H,24,27,28). The van der Waals surface area contributed by atoms with Gasteiger partial charge in [0.1, 0.15) is 17.7 Å². The summed E-state index contributed by atoms with van der Waals surface area (Å²) in [5.74, 6) is -3.92. The van der Waals surface area contributed by atoms with E-state index in [0.717, 1.165) is 12.1 Å². The van der Waals surface area contributed by atoms with Crippen molar-refractivity contribution in [2.45, 2.75) is 43.2 Å².